The second kappa shape index (κ2) is 7.31. The monoisotopic (exact) mass is 289 g/mol. The lowest BCUT2D eigenvalue weighted by molar-refractivity contribution is 0.138. The number of fused-ring (bicyclic) bond motifs is 1. The average molecular weight is 289 g/mol. The molecule has 0 radical (unpaired) electrons. The predicted octanol–water partition coefficient (Wildman–Crippen LogP) is 4.85. The fourth-order valence-corrected chi connectivity index (χ4v) is 3.04. The summed E-state index contributed by atoms with van der Waals surface area (Å²) < 4.78 is 5.93. The smallest absolute Gasteiger partial charge is 0.123 e. The number of rotatable bonds is 8. The Kier molecular flexibility index (Phi) is 5.69. The minimum absolute atomic E-state index is 0.0407. The summed E-state index contributed by atoms with van der Waals surface area (Å²) in [7, 11) is 0. The van der Waals surface area contributed by atoms with Crippen LogP contribution in [0.15, 0.2) is 18.2 Å². The van der Waals surface area contributed by atoms with E-state index in [0.29, 0.717) is 6.04 Å². The molecule has 1 aliphatic rings. The van der Waals surface area contributed by atoms with Crippen LogP contribution in [0, 0.1) is 0 Å². The molecule has 118 valence electrons. The normalized spacial score (nSPS) is 17.3. The predicted molar refractivity (Wildman–Crippen MR) is 89.9 cm³/mol. The molecule has 0 fully saturated rings. The van der Waals surface area contributed by atoms with Gasteiger partial charge in [-0.1, -0.05) is 44.7 Å². The Morgan fingerprint density at radius 3 is 2.81 bits per heavy atom. The molecular formula is C19H31NO. The molecule has 1 aliphatic heterocycles. The van der Waals surface area contributed by atoms with Crippen molar-refractivity contribution in [3.63, 3.8) is 0 Å². The molecule has 0 spiro atoms. The Labute approximate surface area is 130 Å². The van der Waals surface area contributed by atoms with Crippen LogP contribution in [0.5, 0.6) is 5.75 Å². The summed E-state index contributed by atoms with van der Waals surface area (Å²) in [6.07, 6.45) is 7.69. The molecule has 0 bridgehead atoms. The van der Waals surface area contributed by atoms with E-state index in [1.54, 1.807) is 0 Å². The first-order valence-corrected chi connectivity index (χ1v) is 8.54. The summed E-state index contributed by atoms with van der Waals surface area (Å²) >= 11 is 0. The number of unbranched alkanes of at least 4 members (excludes halogenated alkanes) is 3. The number of benzene rings is 1. The van der Waals surface area contributed by atoms with E-state index in [4.69, 9.17) is 4.74 Å². The van der Waals surface area contributed by atoms with E-state index in [1.807, 2.05) is 0 Å². The minimum Gasteiger partial charge on any atom is -0.487 e. The van der Waals surface area contributed by atoms with Gasteiger partial charge in [0.05, 0.1) is 0 Å². The summed E-state index contributed by atoms with van der Waals surface area (Å²) in [5.74, 6) is 1.07. The van der Waals surface area contributed by atoms with Crippen molar-refractivity contribution in [3.05, 3.63) is 29.3 Å². The molecule has 0 saturated carbocycles. The third-order valence-corrected chi connectivity index (χ3v) is 4.27. The molecule has 1 atom stereocenters. The molecule has 1 aromatic rings. The quantitative estimate of drug-likeness (QED) is 0.691. The topological polar surface area (TPSA) is 21.3 Å². The molecule has 2 rings (SSSR count). The first-order valence-electron chi connectivity index (χ1n) is 8.54. The fourth-order valence-electron chi connectivity index (χ4n) is 3.04. The van der Waals surface area contributed by atoms with E-state index in [9.17, 15) is 0 Å². The van der Waals surface area contributed by atoms with Crippen molar-refractivity contribution in [3.8, 4) is 5.75 Å². The van der Waals surface area contributed by atoms with E-state index in [0.717, 1.165) is 18.7 Å². The first kappa shape index (κ1) is 16.4. The lowest BCUT2D eigenvalue weighted by Gasteiger charge is -2.16. The molecule has 2 heteroatoms. The summed E-state index contributed by atoms with van der Waals surface area (Å²) in [5.41, 5.74) is 2.69. The maximum Gasteiger partial charge on any atom is 0.123 e. The van der Waals surface area contributed by atoms with Crippen LogP contribution in [0.2, 0.25) is 0 Å². The van der Waals surface area contributed by atoms with Crippen LogP contribution in [-0.4, -0.2) is 11.6 Å². The molecular weight excluding hydrogens is 258 g/mol. The van der Waals surface area contributed by atoms with Gasteiger partial charge in [0.2, 0.25) is 0 Å². The zero-order valence-electron chi connectivity index (χ0n) is 14.2. The standard InChI is InChI=1S/C19H31NO/c1-5-6-7-8-9-15(2)20-14-16-10-11-18-17(12-16)13-19(3,4)21-18/h10-12,15,20H,5-9,13-14H2,1-4H3. The number of hydrogen-bond donors (Lipinski definition) is 1. The van der Waals surface area contributed by atoms with E-state index in [2.05, 4.69) is 51.2 Å². The van der Waals surface area contributed by atoms with Crippen LogP contribution < -0.4 is 10.1 Å². The molecule has 1 heterocycles. The van der Waals surface area contributed by atoms with Crippen LogP contribution in [0.1, 0.15) is 70.9 Å². The van der Waals surface area contributed by atoms with Gasteiger partial charge in [-0.25, -0.2) is 0 Å². The first-order chi connectivity index (χ1) is 10.00. The second-order valence-corrected chi connectivity index (χ2v) is 7.11. The summed E-state index contributed by atoms with van der Waals surface area (Å²) in [6, 6.07) is 7.23. The van der Waals surface area contributed by atoms with Crippen molar-refractivity contribution in [1.82, 2.24) is 5.32 Å². The van der Waals surface area contributed by atoms with Gasteiger partial charge in [-0.2, -0.15) is 0 Å². The molecule has 0 amide bonds. The van der Waals surface area contributed by atoms with E-state index >= 15 is 0 Å². The highest BCUT2D eigenvalue weighted by Gasteiger charge is 2.29. The van der Waals surface area contributed by atoms with Crippen LogP contribution in [0.4, 0.5) is 0 Å². The van der Waals surface area contributed by atoms with Gasteiger partial charge in [-0.05, 0) is 44.4 Å². The molecule has 1 N–H and O–H groups in total. The molecule has 21 heavy (non-hydrogen) atoms. The maximum atomic E-state index is 5.93. The number of hydrogen-bond acceptors (Lipinski definition) is 2. The Bertz CT molecular complexity index is 453. The second-order valence-electron chi connectivity index (χ2n) is 7.11. The molecule has 1 aromatic carbocycles. The van der Waals surface area contributed by atoms with Crippen molar-refractivity contribution in [2.24, 2.45) is 0 Å². The zero-order chi connectivity index (χ0) is 15.3. The van der Waals surface area contributed by atoms with Gasteiger partial charge < -0.3 is 10.1 Å². The SMILES string of the molecule is CCCCCCC(C)NCc1ccc2c(c1)CC(C)(C)O2. The van der Waals surface area contributed by atoms with Crippen molar-refractivity contribution >= 4 is 0 Å². The third-order valence-electron chi connectivity index (χ3n) is 4.27. The number of nitrogens with one attached hydrogen (secondary N) is 1. The molecule has 1 unspecified atom stereocenters. The Morgan fingerprint density at radius 1 is 1.24 bits per heavy atom. The van der Waals surface area contributed by atoms with Crippen LogP contribution in [0.25, 0.3) is 0 Å². The Hall–Kier alpha value is -1.02. The summed E-state index contributed by atoms with van der Waals surface area (Å²) in [6.45, 7) is 9.83. The highest BCUT2D eigenvalue weighted by Crippen LogP contribution is 2.35. The van der Waals surface area contributed by atoms with E-state index < -0.39 is 0 Å². The van der Waals surface area contributed by atoms with Crippen molar-refractivity contribution in [2.45, 2.75) is 84.4 Å². The minimum atomic E-state index is -0.0407. The molecule has 2 nitrogen and oxygen atoms in total. The maximum absolute atomic E-state index is 5.93. The number of ether oxygens (including phenoxy) is 1. The zero-order valence-corrected chi connectivity index (χ0v) is 14.2. The van der Waals surface area contributed by atoms with Crippen molar-refractivity contribution in [1.29, 1.82) is 0 Å². The van der Waals surface area contributed by atoms with Gasteiger partial charge in [0.1, 0.15) is 11.4 Å². The van der Waals surface area contributed by atoms with Crippen molar-refractivity contribution < 1.29 is 4.74 Å². The van der Waals surface area contributed by atoms with Crippen LogP contribution >= 0.6 is 0 Å². The highest BCUT2D eigenvalue weighted by atomic mass is 16.5. The Morgan fingerprint density at radius 2 is 2.05 bits per heavy atom. The molecule has 0 aliphatic carbocycles. The van der Waals surface area contributed by atoms with Gasteiger partial charge in [0.25, 0.3) is 0 Å². The summed E-state index contributed by atoms with van der Waals surface area (Å²) in [4.78, 5) is 0. The lowest BCUT2D eigenvalue weighted by atomic mass is 10.00. The Balaban J connectivity index is 1.77. The largest absolute Gasteiger partial charge is 0.487 e. The summed E-state index contributed by atoms with van der Waals surface area (Å²) in [5, 5.41) is 3.65. The fraction of sp³-hybridized carbons (Fsp3) is 0.684. The van der Waals surface area contributed by atoms with Gasteiger partial charge in [0.15, 0.2) is 0 Å². The lowest BCUT2D eigenvalue weighted by Crippen LogP contribution is -2.25. The van der Waals surface area contributed by atoms with Crippen LogP contribution in [-0.2, 0) is 13.0 Å². The van der Waals surface area contributed by atoms with Gasteiger partial charge >= 0.3 is 0 Å². The van der Waals surface area contributed by atoms with Crippen LogP contribution in [0.3, 0.4) is 0 Å². The van der Waals surface area contributed by atoms with Gasteiger partial charge in [0, 0.05) is 19.0 Å². The van der Waals surface area contributed by atoms with E-state index in [-0.39, 0.29) is 5.60 Å². The van der Waals surface area contributed by atoms with E-state index in [1.165, 1.54) is 43.2 Å². The van der Waals surface area contributed by atoms with Gasteiger partial charge in [-0.15, -0.1) is 0 Å². The van der Waals surface area contributed by atoms with Crippen molar-refractivity contribution in [2.75, 3.05) is 0 Å². The highest BCUT2D eigenvalue weighted by molar-refractivity contribution is 5.41. The molecule has 0 aromatic heterocycles. The average Bonchev–Trinajstić information content (AvgIpc) is 2.74. The molecule has 0 saturated heterocycles. The van der Waals surface area contributed by atoms with Gasteiger partial charge in [-0.3, -0.25) is 0 Å². The third kappa shape index (κ3) is 5.03.